The molecule has 0 aliphatic heterocycles. The minimum Gasteiger partial charge on any atom is -0.356 e. The number of hydrogen-bond donors (Lipinski definition) is 2. The maximum Gasteiger partial charge on any atom is 0.216 e. The van der Waals surface area contributed by atoms with Crippen molar-refractivity contribution in [3.63, 3.8) is 0 Å². The molecule has 0 aliphatic carbocycles. The highest BCUT2D eigenvalue weighted by atomic mass is 16.1. The number of carbonyl (C=O) groups excluding carboxylic acids is 1. The van der Waals surface area contributed by atoms with E-state index in [0.29, 0.717) is 5.92 Å². The second-order valence-corrected chi connectivity index (χ2v) is 4.91. The monoisotopic (exact) mass is 248 g/mol. The van der Waals surface area contributed by atoms with Crippen molar-refractivity contribution >= 4 is 5.91 Å². The number of carbonyl (C=O) groups is 1. The molecule has 2 N–H and O–H groups in total. The van der Waals surface area contributed by atoms with Gasteiger partial charge in [0.1, 0.15) is 0 Å². The van der Waals surface area contributed by atoms with Gasteiger partial charge in [-0.25, -0.2) is 0 Å². The van der Waals surface area contributed by atoms with E-state index in [1.807, 2.05) is 0 Å². The van der Waals surface area contributed by atoms with E-state index in [0.717, 1.165) is 26.1 Å². The molecule has 0 saturated carbocycles. The lowest BCUT2D eigenvalue weighted by Gasteiger charge is -2.08. The Bertz CT molecular complexity index is 357. The molecule has 0 atom stereocenters. The standard InChI is InChI=1S/C15H24N2O/c1-12(2)15-7-5-14(6-8-15)11-16-9-4-10-17-13(3)18/h5-8,12,16H,4,9-11H2,1-3H3,(H,17,18). The second-order valence-electron chi connectivity index (χ2n) is 4.91. The normalized spacial score (nSPS) is 10.7. The van der Waals surface area contributed by atoms with E-state index < -0.39 is 0 Å². The third-order valence-corrected chi connectivity index (χ3v) is 2.88. The third-order valence-electron chi connectivity index (χ3n) is 2.88. The lowest BCUT2D eigenvalue weighted by Crippen LogP contribution is -2.24. The molecule has 0 bridgehead atoms. The van der Waals surface area contributed by atoms with Crippen molar-refractivity contribution in [2.75, 3.05) is 13.1 Å². The van der Waals surface area contributed by atoms with Crippen LogP contribution >= 0.6 is 0 Å². The van der Waals surface area contributed by atoms with Gasteiger partial charge in [-0.2, -0.15) is 0 Å². The molecule has 0 fully saturated rings. The van der Waals surface area contributed by atoms with Crippen LogP contribution in [0, 0.1) is 0 Å². The Morgan fingerprint density at radius 1 is 1.17 bits per heavy atom. The number of rotatable bonds is 7. The van der Waals surface area contributed by atoms with Crippen LogP contribution in [0.2, 0.25) is 0 Å². The van der Waals surface area contributed by atoms with Crippen molar-refractivity contribution in [3.8, 4) is 0 Å². The number of nitrogens with one attached hydrogen (secondary N) is 2. The molecule has 1 aromatic carbocycles. The quantitative estimate of drug-likeness (QED) is 0.728. The molecule has 0 aromatic heterocycles. The SMILES string of the molecule is CC(=O)NCCCNCc1ccc(C(C)C)cc1. The maximum atomic E-state index is 10.7. The largest absolute Gasteiger partial charge is 0.356 e. The van der Waals surface area contributed by atoms with Gasteiger partial charge in [0, 0.05) is 20.0 Å². The van der Waals surface area contributed by atoms with Crippen LogP contribution in [0.3, 0.4) is 0 Å². The first kappa shape index (κ1) is 14.7. The van der Waals surface area contributed by atoms with Gasteiger partial charge >= 0.3 is 0 Å². The highest BCUT2D eigenvalue weighted by Gasteiger charge is 1.98. The van der Waals surface area contributed by atoms with Gasteiger partial charge in [0.2, 0.25) is 5.91 Å². The summed E-state index contributed by atoms with van der Waals surface area (Å²) in [6, 6.07) is 8.74. The first-order valence-electron chi connectivity index (χ1n) is 6.63. The Hall–Kier alpha value is -1.35. The first-order valence-corrected chi connectivity index (χ1v) is 6.63. The van der Waals surface area contributed by atoms with Gasteiger partial charge in [-0.05, 0) is 30.0 Å². The van der Waals surface area contributed by atoms with Crippen LogP contribution < -0.4 is 10.6 Å². The van der Waals surface area contributed by atoms with Crippen molar-refractivity contribution in [1.82, 2.24) is 10.6 Å². The number of amides is 1. The van der Waals surface area contributed by atoms with E-state index in [1.165, 1.54) is 11.1 Å². The zero-order chi connectivity index (χ0) is 13.4. The zero-order valence-corrected chi connectivity index (χ0v) is 11.6. The average Bonchev–Trinajstić information content (AvgIpc) is 2.34. The van der Waals surface area contributed by atoms with Crippen LogP contribution in [-0.4, -0.2) is 19.0 Å². The smallest absolute Gasteiger partial charge is 0.216 e. The van der Waals surface area contributed by atoms with Gasteiger partial charge in [-0.3, -0.25) is 4.79 Å². The second kappa shape index (κ2) is 7.88. The van der Waals surface area contributed by atoms with E-state index in [2.05, 4.69) is 48.7 Å². The maximum absolute atomic E-state index is 10.7. The topological polar surface area (TPSA) is 41.1 Å². The zero-order valence-electron chi connectivity index (χ0n) is 11.6. The summed E-state index contributed by atoms with van der Waals surface area (Å²) in [5.74, 6) is 0.629. The fourth-order valence-electron chi connectivity index (χ4n) is 1.73. The summed E-state index contributed by atoms with van der Waals surface area (Å²) in [5, 5.41) is 6.16. The lowest BCUT2D eigenvalue weighted by atomic mass is 10.0. The summed E-state index contributed by atoms with van der Waals surface area (Å²) in [6.45, 7) is 8.51. The Morgan fingerprint density at radius 3 is 2.39 bits per heavy atom. The van der Waals surface area contributed by atoms with Gasteiger partial charge < -0.3 is 10.6 Å². The van der Waals surface area contributed by atoms with Gasteiger partial charge in [0.25, 0.3) is 0 Å². The summed E-state index contributed by atoms with van der Waals surface area (Å²) >= 11 is 0. The van der Waals surface area contributed by atoms with E-state index in [9.17, 15) is 4.79 Å². The molecular weight excluding hydrogens is 224 g/mol. The van der Waals surface area contributed by atoms with E-state index in [1.54, 1.807) is 6.92 Å². The Kier molecular flexibility index (Phi) is 6.44. The molecule has 0 heterocycles. The predicted octanol–water partition coefficient (Wildman–Crippen LogP) is 2.43. The number of hydrogen-bond acceptors (Lipinski definition) is 2. The molecule has 0 spiro atoms. The summed E-state index contributed by atoms with van der Waals surface area (Å²) in [6.07, 6.45) is 0.962. The molecule has 0 aliphatic rings. The van der Waals surface area contributed by atoms with Crippen LogP contribution in [0.5, 0.6) is 0 Å². The molecule has 0 saturated heterocycles. The van der Waals surface area contributed by atoms with Gasteiger partial charge in [0.15, 0.2) is 0 Å². The molecule has 0 radical (unpaired) electrons. The molecule has 1 rings (SSSR count). The van der Waals surface area contributed by atoms with E-state index in [-0.39, 0.29) is 5.91 Å². The molecule has 1 aromatic rings. The summed E-state index contributed by atoms with van der Waals surface area (Å²) in [7, 11) is 0. The molecular formula is C15H24N2O. The van der Waals surface area contributed by atoms with Gasteiger partial charge in [0.05, 0.1) is 0 Å². The van der Waals surface area contributed by atoms with Crippen molar-refractivity contribution in [3.05, 3.63) is 35.4 Å². The predicted molar refractivity (Wildman–Crippen MR) is 75.5 cm³/mol. The summed E-state index contributed by atoms with van der Waals surface area (Å²) < 4.78 is 0. The fraction of sp³-hybridized carbons (Fsp3) is 0.533. The molecule has 1 amide bonds. The van der Waals surface area contributed by atoms with E-state index >= 15 is 0 Å². The Labute approximate surface area is 110 Å². The molecule has 100 valence electrons. The van der Waals surface area contributed by atoms with Crippen molar-refractivity contribution < 1.29 is 4.79 Å². The molecule has 0 unspecified atom stereocenters. The molecule has 18 heavy (non-hydrogen) atoms. The summed E-state index contributed by atoms with van der Waals surface area (Å²) in [5.41, 5.74) is 2.68. The molecule has 3 heteroatoms. The van der Waals surface area contributed by atoms with Crippen LogP contribution in [0.15, 0.2) is 24.3 Å². The average molecular weight is 248 g/mol. The minimum atomic E-state index is 0.0410. The van der Waals surface area contributed by atoms with Crippen molar-refractivity contribution in [2.24, 2.45) is 0 Å². The highest BCUT2D eigenvalue weighted by molar-refractivity contribution is 5.72. The van der Waals surface area contributed by atoms with Crippen LogP contribution in [-0.2, 0) is 11.3 Å². The minimum absolute atomic E-state index is 0.0410. The van der Waals surface area contributed by atoms with Crippen molar-refractivity contribution in [1.29, 1.82) is 0 Å². The first-order chi connectivity index (χ1) is 8.59. The van der Waals surface area contributed by atoms with Gasteiger partial charge in [-0.1, -0.05) is 38.1 Å². The van der Waals surface area contributed by atoms with Crippen LogP contribution in [0.25, 0.3) is 0 Å². The fourth-order valence-corrected chi connectivity index (χ4v) is 1.73. The third kappa shape index (κ3) is 5.82. The van der Waals surface area contributed by atoms with E-state index in [4.69, 9.17) is 0 Å². The summed E-state index contributed by atoms with van der Waals surface area (Å²) in [4.78, 5) is 10.7. The molecule has 3 nitrogen and oxygen atoms in total. The highest BCUT2D eigenvalue weighted by Crippen LogP contribution is 2.14. The van der Waals surface area contributed by atoms with Crippen LogP contribution in [0.1, 0.15) is 44.2 Å². The van der Waals surface area contributed by atoms with Crippen LogP contribution in [0.4, 0.5) is 0 Å². The Morgan fingerprint density at radius 2 is 1.83 bits per heavy atom. The van der Waals surface area contributed by atoms with Gasteiger partial charge in [-0.15, -0.1) is 0 Å². The Balaban J connectivity index is 2.17. The van der Waals surface area contributed by atoms with Crippen molar-refractivity contribution in [2.45, 2.75) is 39.7 Å². The lowest BCUT2D eigenvalue weighted by molar-refractivity contribution is -0.118. The number of benzene rings is 1.